The number of hydrogen-bond acceptors (Lipinski definition) is 3. The van der Waals surface area contributed by atoms with Crippen molar-refractivity contribution in [2.75, 3.05) is 6.54 Å². The Hall–Kier alpha value is -1.43. The van der Waals surface area contributed by atoms with Crippen molar-refractivity contribution in [2.24, 2.45) is 0 Å². The molecule has 1 saturated heterocycles. The average Bonchev–Trinajstić information content (AvgIpc) is 2.38. The third-order valence-corrected chi connectivity index (χ3v) is 3.67. The Balaban J connectivity index is 2.17. The molecule has 0 radical (unpaired) electrons. The van der Waals surface area contributed by atoms with Gasteiger partial charge in [0.25, 0.3) is 5.91 Å². The first-order valence-electron chi connectivity index (χ1n) is 6.23. The third-order valence-electron chi connectivity index (χ3n) is 3.23. The molecule has 1 N–H and O–H groups in total. The van der Waals surface area contributed by atoms with Crippen LogP contribution in [-0.4, -0.2) is 39.5 Å². The highest BCUT2D eigenvalue weighted by Gasteiger charge is 2.29. The van der Waals surface area contributed by atoms with Crippen LogP contribution in [0.25, 0.3) is 0 Å². The van der Waals surface area contributed by atoms with Gasteiger partial charge in [0.15, 0.2) is 0 Å². The molecule has 0 bridgehead atoms. The Kier molecular flexibility index (Phi) is 4.52. The summed E-state index contributed by atoms with van der Waals surface area (Å²) in [5.74, 6) is -1.06. The lowest BCUT2D eigenvalue weighted by Gasteiger charge is -2.34. The molecule has 0 saturated carbocycles. The maximum Gasteiger partial charge on any atom is 0.305 e. The molecule has 1 aliphatic heterocycles. The molecule has 0 spiro atoms. The fraction of sp³-hybridized carbons (Fsp3) is 0.462. The van der Waals surface area contributed by atoms with Gasteiger partial charge in [-0.25, -0.2) is 4.98 Å². The van der Waals surface area contributed by atoms with Crippen molar-refractivity contribution in [3.05, 3.63) is 28.5 Å². The quantitative estimate of drug-likeness (QED) is 0.865. The van der Waals surface area contributed by atoms with Gasteiger partial charge in [0.1, 0.15) is 10.3 Å². The van der Waals surface area contributed by atoms with Crippen molar-refractivity contribution in [1.29, 1.82) is 0 Å². The predicted molar refractivity (Wildman–Crippen MR) is 72.9 cm³/mol. The summed E-state index contributed by atoms with van der Waals surface area (Å²) in [5, 5.41) is 8.92. The van der Waals surface area contributed by atoms with Crippen molar-refractivity contribution in [1.82, 2.24) is 9.88 Å². The first-order valence-corrected chi connectivity index (χ1v) is 7.02. The molecule has 1 aromatic rings. The molecule has 6 heteroatoms. The maximum absolute atomic E-state index is 12.4. The summed E-state index contributed by atoms with van der Waals surface area (Å²) in [5.41, 5.74) is 0.353. The minimum Gasteiger partial charge on any atom is -0.481 e. The lowest BCUT2D eigenvalue weighted by atomic mass is 9.99. The molecule has 2 heterocycles. The lowest BCUT2D eigenvalue weighted by molar-refractivity contribution is -0.138. The van der Waals surface area contributed by atoms with Crippen LogP contribution >= 0.6 is 15.9 Å². The summed E-state index contributed by atoms with van der Waals surface area (Å²) in [4.78, 5) is 29.0. The minimum atomic E-state index is -0.869. The van der Waals surface area contributed by atoms with Gasteiger partial charge in [0.2, 0.25) is 0 Å². The second-order valence-corrected chi connectivity index (χ2v) is 5.40. The molecule has 102 valence electrons. The normalized spacial score (nSPS) is 19.2. The highest BCUT2D eigenvalue weighted by atomic mass is 79.9. The summed E-state index contributed by atoms with van der Waals surface area (Å²) >= 11 is 3.23. The minimum absolute atomic E-state index is 0.000255. The van der Waals surface area contributed by atoms with Crippen LogP contribution in [0.15, 0.2) is 22.8 Å². The van der Waals surface area contributed by atoms with Crippen molar-refractivity contribution >= 4 is 27.8 Å². The maximum atomic E-state index is 12.4. The molecule has 1 unspecified atom stereocenters. The number of halogens is 1. The molecule has 2 rings (SSSR count). The van der Waals surface area contributed by atoms with Gasteiger partial charge in [-0.3, -0.25) is 9.59 Å². The molecule has 1 aliphatic rings. The molecular weight excluding hydrogens is 312 g/mol. The molecule has 1 fully saturated rings. The number of carbonyl (C=O) groups is 2. The van der Waals surface area contributed by atoms with Crippen LogP contribution in [0.5, 0.6) is 0 Å². The number of pyridine rings is 1. The summed E-state index contributed by atoms with van der Waals surface area (Å²) in [6.07, 6.45) is 2.62. The zero-order chi connectivity index (χ0) is 13.8. The summed E-state index contributed by atoms with van der Waals surface area (Å²) in [6.45, 7) is 0.602. The third kappa shape index (κ3) is 3.53. The summed E-state index contributed by atoms with van der Waals surface area (Å²) in [7, 11) is 0. The molecule has 1 amide bonds. The number of nitrogens with zero attached hydrogens (tertiary/aromatic N) is 2. The van der Waals surface area contributed by atoms with E-state index in [9.17, 15) is 9.59 Å². The monoisotopic (exact) mass is 326 g/mol. The van der Waals surface area contributed by atoms with Gasteiger partial charge in [-0.05, 0) is 47.3 Å². The van der Waals surface area contributed by atoms with Gasteiger partial charge >= 0.3 is 5.97 Å². The van der Waals surface area contributed by atoms with Crippen LogP contribution in [0.3, 0.4) is 0 Å². The fourth-order valence-electron chi connectivity index (χ4n) is 2.36. The van der Waals surface area contributed by atoms with Crippen molar-refractivity contribution in [3.63, 3.8) is 0 Å². The second-order valence-electron chi connectivity index (χ2n) is 4.59. The van der Waals surface area contributed by atoms with E-state index in [0.717, 1.165) is 19.3 Å². The number of likely N-dealkylation sites (tertiary alicyclic amines) is 1. The van der Waals surface area contributed by atoms with E-state index in [2.05, 4.69) is 20.9 Å². The van der Waals surface area contributed by atoms with Crippen molar-refractivity contribution in [3.8, 4) is 0 Å². The van der Waals surface area contributed by atoms with Gasteiger partial charge in [-0.15, -0.1) is 0 Å². The smallest absolute Gasteiger partial charge is 0.305 e. The molecule has 5 nitrogen and oxygen atoms in total. The Bertz CT molecular complexity index is 493. The van der Waals surface area contributed by atoms with E-state index < -0.39 is 5.97 Å². The van der Waals surface area contributed by atoms with E-state index in [1.165, 1.54) is 0 Å². The van der Waals surface area contributed by atoms with Gasteiger partial charge in [0.05, 0.1) is 6.42 Å². The Morgan fingerprint density at radius 3 is 2.89 bits per heavy atom. The number of aromatic nitrogens is 1. The predicted octanol–water partition coefficient (Wildman–Crippen LogP) is 2.31. The topological polar surface area (TPSA) is 70.5 Å². The van der Waals surface area contributed by atoms with Crippen LogP contribution < -0.4 is 0 Å². The molecule has 19 heavy (non-hydrogen) atoms. The highest BCUT2D eigenvalue weighted by Crippen LogP contribution is 2.22. The number of amides is 1. The zero-order valence-corrected chi connectivity index (χ0v) is 12.0. The van der Waals surface area contributed by atoms with Crippen LogP contribution in [0, 0.1) is 0 Å². The molecule has 0 aliphatic carbocycles. The van der Waals surface area contributed by atoms with Crippen LogP contribution in [0.1, 0.15) is 36.2 Å². The van der Waals surface area contributed by atoms with Crippen molar-refractivity contribution in [2.45, 2.75) is 31.7 Å². The first kappa shape index (κ1) is 14.0. The molecular formula is C13H15BrN2O3. The number of piperidine rings is 1. The average molecular weight is 327 g/mol. The summed E-state index contributed by atoms with van der Waals surface area (Å²) in [6, 6.07) is 4.93. The van der Waals surface area contributed by atoms with Crippen molar-refractivity contribution < 1.29 is 14.7 Å². The van der Waals surface area contributed by atoms with E-state index >= 15 is 0 Å². The standard InChI is InChI=1S/C13H15BrN2O3/c14-11-6-3-5-10(15-11)13(19)16-7-2-1-4-9(16)8-12(17)18/h3,5-6,9H,1-2,4,7-8H2,(H,17,18). The summed E-state index contributed by atoms with van der Waals surface area (Å²) < 4.78 is 0.602. The lowest BCUT2D eigenvalue weighted by Crippen LogP contribution is -2.45. The van der Waals surface area contributed by atoms with E-state index in [4.69, 9.17) is 5.11 Å². The SMILES string of the molecule is O=C(O)CC1CCCCN1C(=O)c1cccc(Br)n1. The number of hydrogen-bond donors (Lipinski definition) is 1. The molecule has 1 atom stereocenters. The number of aliphatic carboxylic acids is 1. The first-order chi connectivity index (χ1) is 9.08. The van der Waals surface area contributed by atoms with E-state index in [-0.39, 0.29) is 18.4 Å². The largest absolute Gasteiger partial charge is 0.481 e. The van der Waals surface area contributed by atoms with Crippen LogP contribution in [0.4, 0.5) is 0 Å². The van der Waals surface area contributed by atoms with Crippen LogP contribution in [-0.2, 0) is 4.79 Å². The second kappa shape index (κ2) is 6.14. The zero-order valence-electron chi connectivity index (χ0n) is 10.4. The Morgan fingerprint density at radius 2 is 2.21 bits per heavy atom. The Labute approximate surface area is 119 Å². The van der Waals surface area contributed by atoms with E-state index in [0.29, 0.717) is 16.8 Å². The Morgan fingerprint density at radius 1 is 1.42 bits per heavy atom. The molecule has 0 aromatic carbocycles. The number of carboxylic acids is 1. The van der Waals surface area contributed by atoms with Crippen LogP contribution in [0.2, 0.25) is 0 Å². The highest BCUT2D eigenvalue weighted by molar-refractivity contribution is 9.10. The number of rotatable bonds is 3. The van der Waals surface area contributed by atoms with Gasteiger partial charge in [0, 0.05) is 12.6 Å². The molecule has 1 aromatic heterocycles. The van der Waals surface area contributed by atoms with Gasteiger partial charge < -0.3 is 10.0 Å². The number of carboxylic acid groups (broad SMARTS) is 1. The van der Waals surface area contributed by atoms with Gasteiger partial charge in [-0.1, -0.05) is 6.07 Å². The van der Waals surface area contributed by atoms with Gasteiger partial charge in [-0.2, -0.15) is 0 Å². The fourth-order valence-corrected chi connectivity index (χ4v) is 2.70. The van der Waals surface area contributed by atoms with E-state index in [1.54, 1.807) is 23.1 Å². The number of carbonyl (C=O) groups excluding carboxylic acids is 1. The van der Waals surface area contributed by atoms with E-state index in [1.807, 2.05) is 0 Å².